The van der Waals surface area contributed by atoms with Gasteiger partial charge in [-0.1, -0.05) is 18.2 Å². The molecule has 2 aliphatic rings. The molecule has 0 spiro atoms. The maximum atomic E-state index is 13.5. The number of rotatable bonds is 6. The van der Waals surface area contributed by atoms with Crippen LogP contribution in [0, 0.1) is 0 Å². The summed E-state index contributed by atoms with van der Waals surface area (Å²) in [6.45, 7) is 1.18. The zero-order valence-corrected chi connectivity index (χ0v) is 18.0. The Kier molecular flexibility index (Phi) is 5.22. The average molecular weight is 435 g/mol. The lowest BCUT2D eigenvalue weighted by Crippen LogP contribution is -2.36. The summed E-state index contributed by atoms with van der Waals surface area (Å²) < 4.78 is 16.7. The third kappa shape index (κ3) is 3.27. The molecule has 5 rings (SSSR count). The Morgan fingerprint density at radius 3 is 2.72 bits per heavy atom. The molecular weight excluding hydrogens is 410 g/mol. The minimum Gasteiger partial charge on any atom is -0.507 e. The summed E-state index contributed by atoms with van der Waals surface area (Å²) in [6, 6.07) is 12.2. The number of phenolic OH excluding ortho intramolecular Hbond substituents is 1. The molecule has 0 saturated carbocycles. The number of nitrogens with one attached hydrogen (secondary N) is 1. The van der Waals surface area contributed by atoms with Crippen LogP contribution in [-0.4, -0.2) is 59.6 Å². The van der Waals surface area contributed by atoms with E-state index in [1.807, 2.05) is 29.2 Å². The van der Waals surface area contributed by atoms with Crippen LogP contribution in [0.2, 0.25) is 0 Å². The van der Waals surface area contributed by atoms with Crippen LogP contribution in [0.3, 0.4) is 0 Å². The lowest BCUT2D eigenvalue weighted by molar-refractivity contribution is 0.0495. The predicted molar refractivity (Wildman–Crippen MR) is 117 cm³/mol. The first-order chi connectivity index (χ1) is 15.6. The number of carbonyl (C=O) groups is 1. The monoisotopic (exact) mass is 435 g/mol. The minimum absolute atomic E-state index is 0.00728. The molecule has 2 atom stereocenters. The normalized spacial score (nSPS) is 19.9. The first-order valence-corrected chi connectivity index (χ1v) is 10.6. The molecule has 1 aromatic heterocycles. The lowest BCUT2D eigenvalue weighted by Gasteiger charge is -2.29. The number of nitrogens with zero attached hydrogens (tertiary/aromatic N) is 2. The minimum atomic E-state index is -0.408. The Balaban J connectivity index is 1.65. The van der Waals surface area contributed by atoms with Crippen LogP contribution in [0.4, 0.5) is 0 Å². The van der Waals surface area contributed by atoms with Gasteiger partial charge >= 0.3 is 0 Å². The summed E-state index contributed by atoms with van der Waals surface area (Å²) in [5.74, 6) is 1.16. The quantitative estimate of drug-likeness (QED) is 0.615. The highest BCUT2D eigenvalue weighted by atomic mass is 16.5. The standard InChI is InChI=1S/C24H25N3O5/c1-30-18-10-9-14(12-19(18)31-2)23-20-21(16-7-3-4-8-17(16)28)25-26-22(20)24(29)27(23)13-15-6-5-11-32-15/h3-4,7-10,12,15,23,28H,5-6,11,13H2,1-2H3,(H,25,26). The average Bonchev–Trinajstić information content (AvgIpc) is 3.53. The number of aromatic amines is 1. The van der Waals surface area contributed by atoms with E-state index in [1.54, 1.807) is 32.4 Å². The van der Waals surface area contributed by atoms with Crippen molar-refractivity contribution in [2.75, 3.05) is 27.4 Å². The zero-order chi connectivity index (χ0) is 22.2. The number of aromatic nitrogens is 2. The molecule has 8 heteroatoms. The van der Waals surface area contributed by atoms with Crippen molar-refractivity contribution in [2.24, 2.45) is 0 Å². The van der Waals surface area contributed by atoms with Crippen molar-refractivity contribution in [2.45, 2.75) is 25.0 Å². The van der Waals surface area contributed by atoms with Crippen LogP contribution < -0.4 is 9.47 Å². The fourth-order valence-corrected chi connectivity index (χ4v) is 4.64. The van der Waals surface area contributed by atoms with E-state index in [9.17, 15) is 9.90 Å². The summed E-state index contributed by atoms with van der Waals surface area (Å²) in [5.41, 5.74) is 3.16. The third-order valence-corrected chi connectivity index (χ3v) is 6.17. The summed E-state index contributed by atoms with van der Waals surface area (Å²) in [5, 5.41) is 17.8. The Morgan fingerprint density at radius 1 is 1.19 bits per heavy atom. The molecule has 2 aromatic carbocycles. The molecule has 1 fully saturated rings. The van der Waals surface area contributed by atoms with Gasteiger partial charge in [0.2, 0.25) is 0 Å². The largest absolute Gasteiger partial charge is 0.507 e. The van der Waals surface area contributed by atoms with Crippen molar-refractivity contribution in [1.82, 2.24) is 15.1 Å². The first-order valence-electron chi connectivity index (χ1n) is 10.6. The van der Waals surface area contributed by atoms with E-state index in [0.29, 0.717) is 41.6 Å². The maximum absolute atomic E-state index is 13.5. The van der Waals surface area contributed by atoms with Gasteiger partial charge in [-0.25, -0.2) is 0 Å². The summed E-state index contributed by atoms with van der Waals surface area (Å²) >= 11 is 0. The number of benzene rings is 2. The van der Waals surface area contributed by atoms with Gasteiger partial charge in [0.25, 0.3) is 5.91 Å². The number of carbonyl (C=O) groups excluding carboxylic acids is 1. The number of fused-ring (bicyclic) bond motifs is 1. The van der Waals surface area contributed by atoms with Gasteiger partial charge in [-0.15, -0.1) is 0 Å². The Labute approximate surface area is 185 Å². The van der Waals surface area contributed by atoms with E-state index in [-0.39, 0.29) is 17.8 Å². The van der Waals surface area contributed by atoms with Crippen molar-refractivity contribution in [3.8, 4) is 28.5 Å². The highest BCUT2D eigenvalue weighted by Gasteiger charge is 2.43. The summed E-state index contributed by atoms with van der Waals surface area (Å²) in [6.07, 6.45) is 1.90. The number of amides is 1. The Bertz CT molecular complexity index is 1150. The van der Waals surface area contributed by atoms with Crippen LogP contribution in [-0.2, 0) is 4.74 Å². The molecule has 2 N–H and O–H groups in total. The second-order valence-electron chi connectivity index (χ2n) is 7.99. The second-order valence-corrected chi connectivity index (χ2v) is 7.99. The highest BCUT2D eigenvalue weighted by molar-refractivity contribution is 6.00. The fraction of sp³-hybridized carbons (Fsp3) is 0.333. The topological polar surface area (TPSA) is 96.9 Å². The van der Waals surface area contributed by atoms with E-state index >= 15 is 0 Å². The van der Waals surface area contributed by atoms with Gasteiger partial charge < -0.3 is 24.2 Å². The molecule has 166 valence electrons. The third-order valence-electron chi connectivity index (χ3n) is 6.17. The summed E-state index contributed by atoms with van der Waals surface area (Å²) in [4.78, 5) is 15.3. The van der Waals surface area contributed by atoms with Gasteiger partial charge in [0.1, 0.15) is 17.1 Å². The SMILES string of the molecule is COc1ccc(C2c3c(-c4ccccc4O)n[nH]c3C(=O)N2CC2CCCO2)cc1OC. The van der Waals surface area contributed by atoms with Crippen LogP contribution in [0.15, 0.2) is 42.5 Å². The molecule has 0 bridgehead atoms. The van der Waals surface area contributed by atoms with Gasteiger partial charge in [0.15, 0.2) is 11.5 Å². The van der Waals surface area contributed by atoms with Crippen LogP contribution in [0.1, 0.15) is 40.5 Å². The zero-order valence-electron chi connectivity index (χ0n) is 18.0. The number of phenols is 1. The van der Waals surface area contributed by atoms with Crippen molar-refractivity contribution in [3.05, 3.63) is 59.3 Å². The molecular formula is C24H25N3O5. The van der Waals surface area contributed by atoms with Crippen molar-refractivity contribution < 1.29 is 24.1 Å². The fourth-order valence-electron chi connectivity index (χ4n) is 4.64. The molecule has 0 aliphatic carbocycles. The number of H-pyrrole nitrogens is 1. The molecule has 2 aliphatic heterocycles. The number of hydrogen-bond acceptors (Lipinski definition) is 6. The number of hydrogen-bond donors (Lipinski definition) is 2. The molecule has 8 nitrogen and oxygen atoms in total. The lowest BCUT2D eigenvalue weighted by atomic mass is 9.95. The Morgan fingerprint density at radius 2 is 2.00 bits per heavy atom. The Hall–Kier alpha value is -3.52. The highest BCUT2D eigenvalue weighted by Crippen LogP contribution is 2.46. The predicted octanol–water partition coefficient (Wildman–Crippen LogP) is 3.52. The van der Waals surface area contributed by atoms with E-state index in [1.165, 1.54) is 0 Å². The molecule has 32 heavy (non-hydrogen) atoms. The van der Waals surface area contributed by atoms with Gasteiger partial charge in [-0.05, 0) is 42.7 Å². The summed E-state index contributed by atoms with van der Waals surface area (Å²) in [7, 11) is 3.17. The second kappa shape index (κ2) is 8.20. The smallest absolute Gasteiger partial charge is 0.273 e. The molecule has 2 unspecified atom stereocenters. The first kappa shape index (κ1) is 20.4. The van der Waals surface area contributed by atoms with E-state index in [0.717, 1.165) is 24.0 Å². The molecule has 0 radical (unpaired) electrons. The number of methoxy groups -OCH3 is 2. The maximum Gasteiger partial charge on any atom is 0.273 e. The number of ether oxygens (including phenoxy) is 3. The van der Waals surface area contributed by atoms with Crippen LogP contribution in [0.5, 0.6) is 17.2 Å². The van der Waals surface area contributed by atoms with Crippen LogP contribution >= 0.6 is 0 Å². The molecule has 1 saturated heterocycles. The molecule has 3 heterocycles. The van der Waals surface area contributed by atoms with Crippen molar-refractivity contribution in [3.63, 3.8) is 0 Å². The number of aromatic hydroxyl groups is 1. The van der Waals surface area contributed by atoms with E-state index in [4.69, 9.17) is 14.2 Å². The van der Waals surface area contributed by atoms with E-state index in [2.05, 4.69) is 10.2 Å². The van der Waals surface area contributed by atoms with Gasteiger partial charge in [-0.3, -0.25) is 9.89 Å². The van der Waals surface area contributed by atoms with Gasteiger partial charge in [-0.2, -0.15) is 5.10 Å². The van der Waals surface area contributed by atoms with Gasteiger partial charge in [0.05, 0.1) is 26.4 Å². The van der Waals surface area contributed by atoms with E-state index < -0.39 is 6.04 Å². The van der Waals surface area contributed by atoms with Crippen LogP contribution in [0.25, 0.3) is 11.3 Å². The number of para-hydroxylation sites is 1. The van der Waals surface area contributed by atoms with Crippen molar-refractivity contribution >= 4 is 5.91 Å². The van der Waals surface area contributed by atoms with Crippen molar-refractivity contribution in [1.29, 1.82) is 0 Å². The van der Waals surface area contributed by atoms with Gasteiger partial charge in [0, 0.05) is 24.3 Å². The molecule has 1 amide bonds. The molecule has 3 aromatic rings.